The maximum Gasteiger partial charge on any atom is 0.321 e. The molecule has 0 aromatic heterocycles. The fraction of sp³-hybridized carbons (Fsp3) is 0.417. The van der Waals surface area contributed by atoms with Gasteiger partial charge < -0.3 is 9.73 Å². The minimum absolute atomic E-state index is 0.0144. The second kappa shape index (κ2) is 5.65. The van der Waals surface area contributed by atoms with Gasteiger partial charge in [0, 0.05) is 18.2 Å². The summed E-state index contributed by atoms with van der Waals surface area (Å²) in [5.74, 6) is 0. The van der Waals surface area contributed by atoms with Gasteiger partial charge in [-0.2, -0.15) is 0 Å². The Balaban J connectivity index is 3.18. The summed E-state index contributed by atoms with van der Waals surface area (Å²) in [6.45, 7) is 5.58. The van der Waals surface area contributed by atoms with E-state index in [4.69, 9.17) is 9.73 Å². The summed E-state index contributed by atoms with van der Waals surface area (Å²) < 4.78 is 17.8. The van der Waals surface area contributed by atoms with Crippen LogP contribution in [0.15, 0.2) is 35.5 Å². The lowest BCUT2D eigenvalue weighted by Gasteiger charge is -2.27. The molecule has 0 aliphatic carbocycles. The van der Waals surface area contributed by atoms with Crippen LogP contribution in [0.5, 0.6) is 0 Å². The molecule has 2 N–H and O–H groups in total. The van der Waals surface area contributed by atoms with Crippen molar-refractivity contribution in [3.63, 3.8) is 0 Å². The molecule has 0 aliphatic rings. The number of hydrogen-bond acceptors (Lipinski definition) is 4. The Kier molecular flexibility index (Phi) is 4.68. The Morgan fingerprint density at radius 3 is 2.28 bits per heavy atom. The number of oxime groups is 1. The second-order valence-electron chi connectivity index (χ2n) is 4.89. The topological polar surface area (TPSA) is 70.9 Å². The Hall–Kier alpha value is -1.16. The monoisotopic (exact) mass is 270 g/mol. The van der Waals surface area contributed by atoms with Gasteiger partial charge in [-0.15, -0.1) is 0 Å². The molecule has 1 rings (SSSR count). The lowest BCUT2D eigenvalue weighted by atomic mass is 10.1. The first kappa shape index (κ1) is 14.9. The molecule has 18 heavy (non-hydrogen) atoms. The lowest BCUT2D eigenvalue weighted by molar-refractivity contribution is 0.317. The summed E-state index contributed by atoms with van der Waals surface area (Å²) in [4.78, 5) is 0. The van der Waals surface area contributed by atoms with E-state index in [0.717, 1.165) is 0 Å². The first-order valence-electron chi connectivity index (χ1n) is 5.55. The number of hydrogen-bond donors (Lipinski definition) is 2. The summed E-state index contributed by atoms with van der Waals surface area (Å²) in [6.07, 6.45) is 0. The highest BCUT2D eigenvalue weighted by Crippen LogP contribution is 2.47. The van der Waals surface area contributed by atoms with Crippen molar-refractivity contribution in [3.05, 3.63) is 35.9 Å². The zero-order valence-electron chi connectivity index (χ0n) is 11.0. The van der Waals surface area contributed by atoms with Crippen LogP contribution in [0, 0.1) is 0 Å². The molecule has 1 aromatic carbocycles. The summed E-state index contributed by atoms with van der Waals surface area (Å²) in [5.41, 5.74) is 0.137. The van der Waals surface area contributed by atoms with Gasteiger partial charge in [-0.3, -0.25) is 4.57 Å². The van der Waals surface area contributed by atoms with Crippen molar-refractivity contribution in [3.8, 4) is 0 Å². The lowest BCUT2D eigenvalue weighted by Crippen LogP contribution is -2.35. The van der Waals surface area contributed by atoms with Crippen molar-refractivity contribution in [1.82, 2.24) is 5.09 Å². The van der Waals surface area contributed by atoms with Gasteiger partial charge in [0.1, 0.15) is 0 Å². The number of benzene rings is 1. The SMILES string of the molecule is COP(=O)(NC(C)(C)C)/C(=N/O)c1ccccc1. The summed E-state index contributed by atoms with van der Waals surface area (Å²) in [5, 5.41) is 15.2. The second-order valence-corrected chi connectivity index (χ2v) is 7.00. The van der Waals surface area contributed by atoms with Gasteiger partial charge in [0.15, 0.2) is 5.45 Å². The first-order valence-corrected chi connectivity index (χ1v) is 7.18. The summed E-state index contributed by atoms with van der Waals surface area (Å²) in [7, 11) is -2.08. The molecule has 0 amide bonds. The van der Waals surface area contributed by atoms with Crippen molar-refractivity contribution in [2.75, 3.05) is 7.11 Å². The standard InChI is InChI=1S/C12H19N2O3P/c1-12(2,3)14-18(16,17-4)11(13-15)10-8-6-5-7-9-10/h5-9,15H,1-4H3,(H,14,16)/b13-11+. The first-order chi connectivity index (χ1) is 8.32. The van der Waals surface area contributed by atoms with E-state index in [0.29, 0.717) is 5.56 Å². The van der Waals surface area contributed by atoms with Crippen molar-refractivity contribution in [2.24, 2.45) is 5.16 Å². The van der Waals surface area contributed by atoms with Gasteiger partial charge in [0.2, 0.25) is 0 Å². The van der Waals surface area contributed by atoms with E-state index < -0.39 is 13.1 Å². The number of nitrogens with zero attached hydrogens (tertiary/aromatic N) is 1. The summed E-state index contributed by atoms with van der Waals surface area (Å²) >= 11 is 0. The largest absolute Gasteiger partial charge is 0.410 e. The van der Waals surface area contributed by atoms with Gasteiger partial charge in [-0.1, -0.05) is 35.5 Å². The minimum Gasteiger partial charge on any atom is -0.410 e. The molecule has 0 saturated heterocycles. The third kappa shape index (κ3) is 3.67. The van der Waals surface area contributed by atoms with Crippen LogP contribution in [-0.2, 0) is 9.09 Å². The van der Waals surface area contributed by atoms with E-state index in [1.165, 1.54) is 7.11 Å². The molecule has 100 valence electrons. The van der Waals surface area contributed by atoms with Gasteiger partial charge in [-0.05, 0) is 20.8 Å². The van der Waals surface area contributed by atoms with E-state index >= 15 is 0 Å². The van der Waals surface area contributed by atoms with E-state index in [1.807, 2.05) is 26.8 Å². The predicted molar refractivity (Wildman–Crippen MR) is 72.3 cm³/mol. The third-order valence-corrected chi connectivity index (χ3v) is 4.53. The highest BCUT2D eigenvalue weighted by molar-refractivity contribution is 7.75. The molecule has 1 aromatic rings. The van der Waals surface area contributed by atoms with Gasteiger partial charge >= 0.3 is 7.52 Å². The molecule has 1 atom stereocenters. The fourth-order valence-electron chi connectivity index (χ4n) is 1.50. The maximum absolute atomic E-state index is 12.7. The molecule has 5 nitrogen and oxygen atoms in total. The van der Waals surface area contributed by atoms with Crippen LogP contribution in [0.25, 0.3) is 0 Å². The van der Waals surface area contributed by atoms with Crippen LogP contribution in [0.1, 0.15) is 26.3 Å². The van der Waals surface area contributed by atoms with E-state index in [9.17, 15) is 4.57 Å². The fourth-order valence-corrected chi connectivity index (χ4v) is 3.36. The number of nitrogens with one attached hydrogen (secondary N) is 1. The highest BCUT2D eigenvalue weighted by atomic mass is 31.2. The molecule has 6 heteroatoms. The predicted octanol–water partition coefficient (Wildman–Crippen LogP) is 3.05. The maximum atomic E-state index is 12.7. The van der Waals surface area contributed by atoms with Gasteiger partial charge in [0.25, 0.3) is 0 Å². The van der Waals surface area contributed by atoms with Gasteiger partial charge in [0.05, 0.1) is 0 Å². The average Bonchev–Trinajstić information content (AvgIpc) is 2.29. The minimum atomic E-state index is -3.40. The van der Waals surface area contributed by atoms with Crippen molar-refractivity contribution in [1.29, 1.82) is 0 Å². The molecule has 0 fully saturated rings. The number of rotatable bonds is 4. The Labute approximate surface area is 107 Å². The smallest absolute Gasteiger partial charge is 0.321 e. The Morgan fingerprint density at radius 1 is 1.33 bits per heavy atom. The average molecular weight is 270 g/mol. The van der Waals surface area contributed by atoms with E-state index in [-0.39, 0.29) is 5.45 Å². The third-order valence-electron chi connectivity index (χ3n) is 2.15. The molecule has 0 saturated carbocycles. The van der Waals surface area contributed by atoms with E-state index in [1.54, 1.807) is 24.3 Å². The quantitative estimate of drug-likeness (QED) is 0.382. The van der Waals surface area contributed by atoms with Crippen molar-refractivity contribution in [2.45, 2.75) is 26.3 Å². The van der Waals surface area contributed by atoms with E-state index in [2.05, 4.69) is 10.2 Å². The van der Waals surface area contributed by atoms with Crippen LogP contribution < -0.4 is 5.09 Å². The zero-order valence-corrected chi connectivity index (χ0v) is 11.9. The highest BCUT2D eigenvalue weighted by Gasteiger charge is 2.35. The normalized spacial score (nSPS) is 16.3. The Morgan fingerprint density at radius 2 is 1.89 bits per heavy atom. The van der Waals surface area contributed by atoms with Crippen molar-refractivity contribution >= 4 is 13.0 Å². The Bertz CT molecular complexity index is 466. The van der Waals surface area contributed by atoms with Crippen LogP contribution in [0.4, 0.5) is 0 Å². The van der Waals surface area contributed by atoms with Crippen LogP contribution in [0.3, 0.4) is 0 Å². The van der Waals surface area contributed by atoms with Crippen LogP contribution >= 0.6 is 7.52 Å². The van der Waals surface area contributed by atoms with Crippen LogP contribution in [0.2, 0.25) is 0 Å². The molecule has 0 spiro atoms. The molecular weight excluding hydrogens is 251 g/mol. The zero-order chi connectivity index (χ0) is 13.8. The molecule has 0 bridgehead atoms. The van der Waals surface area contributed by atoms with Crippen molar-refractivity contribution < 1.29 is 14.3 Å². The van der Waals surface area contributed by atoms with Gasteiger partial charge in [-0.25, -0.2) is 5.09 Å². The molecule has 0 radical (unpaired) electrons. The molecule has 1 unspecified atom stereocenters. The molecular formula is C12H19N2O3P. The molecule has 0 aliphatic heterocycles. The summed E-state index contributed by atoms with van der Waals surface area (Å²) in [6, 6.07) is 8.80. The van der Waals surface area contributed by atoms with Crippen LogP contribution in [-0.4, -0.2) is 23.3 Å². The molecule has 0 heterocycles.